The van der Waals surface area contributed by atoms with E-state index in [2.05, 4.69) is 15.9 Å². The van der Waals surface area contributed by atoms with Crippen molar-refractivity contribution in [2.24, 2.45) is 0 Å². The van der Waals surface area contributed by atoms with E-state index in [-0.39, 0.29) is 5.56 Å². The van der Waals surface area contributed by atoms with Gasteiger partial charge in [0, 0.05) is 10.0 Å². The number of benzene rings is 2. The van der Waals surface area contributed by atoms with Gasteiger partial charge in [-0.15, -0.1) is 0 Å². The van der Waals surface area contributed by atoms with E-state index in [1.807, 2.05) is 31.2 Å². The molecule has 110 valence electrons. The first-order valence-electron chi connectivity index (χ1n) is 6.48. The van der Waals surface area contributed by atoms with Crippen LogP contribution in [0.3, 0.4) is 0 Å². The Labute approximate surface area is 131 Å². The van der Waals surface area contributed by atoms with E-state index < -0.39 is 5.97 Å². The molecule has 0 bridgehead atoms. The second-order valence-electron chi connectivity index (χ2n) is 4.28. The molecule has 0 aliphatic heterocycles. The number of hydrogen-bond donors (Lipinski definition) is 1. The standard InChI is InChI=1S/C16H15BrO4/c1-2-20-15-9-11(16(18)19)7-8-14(15)21-10-12-5-3-4-6-13(12)17/h3-9H,2,10H2,1H3,(H,18,19). The first kappa shape index (κ1) is 15.4. The maximum atomic E-state index is 11.0. The molecule has 0 aliphatic rings. The lowest BCUT2D eigenvalue weighted by Crippen LogP contribution is -2.03. The summed E-state index contributed by atoms with van der Waals surface area (Å²) in [6.07, 6.45) is 0. The molecule has 2 rings (SSSR count). The average Bonchev–Trinajstić information content (AvgIpc) is 2.47. The largest absolute Gasteiger partial charge is 0.490 e. The Hall–Kier alpha value is -2.01. The van der Waals surface area contributed by atoms with Crippen molar-refractivity contribution >= 4 is 21.9 Å². The average molecular weight is 351 g/mol. The summed E-state index contributed by atoms with van der Waals surface area (Å²) in [6, 6.07) is 12.3. The van der Waals surface area contributed by atoms with Gasteiger partial charge in [-0.2, -0.15) is 0 Å². The third-order valence-electron chi connectivity index (χ3n) is 2.83. The minimum absolute atomic E-state index is 0.173. The molecule has 0 saturated heterocycles. The van der Waals surface area contributed by atoms with Crippen LogP contribution in [0.25, 0.3) is 0 Å². The summed E-state index contributed by atoms with van der Waals surface area (Å²) in [5.41, 5.74) is 1.17. The summed E-state index contributed by atoms with van der Waals surface area (Å²) in [6.45, 7) is 2.65. The molecular formula is C16H15BrO4. The Morgan fingerprint density at radius 1 is 1.14 bits per heavy atom. The Morgan fingerprint density at radius 3 is 2.57 bits per heavy atom. The van der Waals surface area contributed by atoms with Crippen LogP contribution in [0.2, 0.25) is 0 Å². The highest BCUT2D eigenvalue weighted by atomic mass is 79.9. The van der Waals surface area contributed by atoms with E-state index >= 15 is 0 Å². The zero-order valence-corrected chi connectivity index (χ0v) is 13.1. The number of carboxylic acids is 1. The van der Waals surface area contributed by atoms with Gasteiger partial charge in [0.2, 0.25) is 0 Å². The van der Waals surface area contributed by atoms with E-state index in [0.717, 1.165) is 10.0 Å². The molecule has 4 nitrogen and oxygen atoms in total. The molecule has 21 heavy (non-hydrogen) atoms. The Morgan fingerprint density at radius 2 is 1.90 bits per heavy atom. The summed E-state index contributed by atoms with van der Waals surface area (Å²) in [7, 11) is 0. The van der Waals surface area contributed by atoms with Gasteiger partial charge in [0.1, 0.15) is 6.61 Å². The molecule has 0 spiro atoms. The number of aromatic carboxylic acids is 1. The molecule has 1 N–H and O–H groups in total. The normalized spacial score (nSPS) is 10.2. The SMILES string of the molecule is CCOc1cc(C(=O)O)ccc1OCc1ccccc1Br. The van der Waals surface area contributed by atoms with Crippen LogP contribution < -0.4 is 9.47 Å². The fraction of sp³-hybridized carbons (Fsp3) is 0.188. The first-order valence-corrected chi connectivity index (χ1v) is 7.27. The molecular weight excluding hydrogens is 336 g/mol. The lowest BCUT2D eigenvalue weighted by molar-refractivity contribution is 0.0696. The monoisotopic (exact) mass is 350 g/mol. The molecule has 0 atom stereocenters. The van der Waals surface area contributed by atoms with Crippen molar-refractivity contribution in [3.63, 3.8) is 0 Å². The minimum atomic E-state index is -0.992. The highest BCUT2D eigenvalue weighted by molar-refractivity contribution is 9.10. The fourth-order valence-corrected chi connectivity index (χ4v) is 2.20. The van der Waals surface area contributed by atoms with Crippen molar-refractivity contribution in [2.75, 3.05) is 6.61 Å². The molecule has 0 unspecified atom stereocenters. The Bertz CT molecular complexity index is 640. The van der Waals surface area contributed by atoms with Crippen LogP contribution >= 0.6 is 15.9 Å². The van der Waals surface area contributed by atoms with Gasteiger partial charge < -0.3 is 14.6 Å². The smallest absolute Gasteiger partial charge is 0.335 e. The Balaban J connectivity index is 2.19. The van der Waals surface area contributed by atoms with Crippen molar-refractivity contribution in [1.82, 2.24) is 0 Å². The van der Waals surface area contributed by atoms with Crippen molar-refractivity contribution in [2.45, 2.75) is 13.5 Å². The Kier molecular flexibility index (Phi) is 5.22. The minimum Gasteiger partial charge on any atom is -0.490 e. The van der Waals surface area contributed by atoms with E-state index in [1.54, 1.807) is 6.07 Å². The molecule has 0 fully saturated rings. The van der Waals surface area contributed by atoms with Crippen LogP contribution in [-0.4, -0.2) is 17.7 Å². The number of ether oxygens (including phenoxy) is 2. The quantitative estimate of drug-likeness (QED) is 0.850. The predicted octanol–water partition coefficient (Wildman–Crippen LogP) is 4.13. The number of carbonyl (C=O) groups is 1. The number of halogens is 1. The van der Waals surface area contributed by atoms with Crippen LogP contribution in [0.15, 0.2) is 46.9 Å². The lowest BCUT2D eigenvalue weighted by atomic mass is 10.2. The second kappa shape index (κ2) is 7.13. The maximum absolute atomic E-state index is 11.0. The number of hydrogen-bond acceptors (Lipinski definition) is 3. The maximum Gasteiger partial charge on any atom is 0.335 e. The number of carboxylic acid groups (broad SMARTS) is 1. The van der Waals surface area contributed by atoms with Crippen LogP contribution in [0.1, 0.15) is 22.8 Å². The lowest BCUT2D eigenvalue weighted by Gasteiger charge is -2.13. The molecule has 0 radical (unpaired) electrons. The first-order chi connectivity index (χ1) is 10.1. The summed E-state index contributed by atoms with van der Waals surface area (Å²) < 4.78 is 12.2. The van der Waals surface area contributed by atoms with Gasteiger partial charge in [-0.3, -0.25) is 0 Å². The van der Waals surface area contributed by atoms with Crippen molar-refractivity contribution in [3.05, 3.63) is 58.1 Å². The van der Waals surface area contributed by atoms with Crippen LogP contribution in [0, 0.1) is 0 Å². The van der Waals surface area contributed by atoms with Crippen LogP contribution in [0.4, 0.5) is 0 Å². The van der Waals surface area contributed by atoms with Gasteiger partial charge in [0.15, 0.2) is 11.5 Å². The molecule has 0 amide bonds. The molecule has 2 aromatic rings. The van der Waals surface area contributed by atoms with E-state index in [0.29, 0.717) is 24.7 Å². The van der Waals surface area contributed by atoms with Crippen molar-refractivity contribution in [3.8, 4) is 11.5 Å². The van der Waals surface area contributed by atoms with Gasteiger partial charge in [-0.1, -0.05) is 34.1 Å². The van der Waals surface area contributed by atoms with Crippen molar-refractivity contribution < 1.29 is 19.4 Å². The van der Waals surface area contributed by atoms with Gasteiger partial charge in [0.25, 0.3) is 0 Å². The molecule has 0 aromatic heterocycles. The topological polar surface area (TPSA) is 55.8 Å². The zero-order chi connectivity index (χ0) is 15.2. The second-order valence-corrected chi connectivity index (χ2v) is 5.13. The van der Waals surface area contributed by atoms with Crippen LogP contribution in [-0.2, 0) is 6.61 Å². The zero-order valence-electron chi connectivity index (χ0n) is 11.5. The van der Waals surface area contributed by atoms with E-state index in [1.165, 1.54) is 12.1 Å². The number of rotatable bonds is 6. The van der Waals surface area contributed by atoms with Gasteiger partial charge in [-0.25, -0.2) is 4.79 Å². The third kappa shape index (κ3) is 3.98. The molecule has 5 heteroatoms. The molecule has 0 saturated carbocycles. The molecule has 0 aliphatic carbocycles. The highest BCUT2D eigenvalue weighted by Crippen LogP contribution is 2.30. The van der Waals surface area contributed by atoms with E-state index in [4.69, 9.17) is 14.6 Å². The predicted molar refractivity (Wildman–Crippen MR) is 83.0 cm³/mol. The van der Waals surface area contributed by atoms with E-state index in [9.17, 15) is 4.79 Å². The summed E-state index contributed by atoms with van der Waals surface area (Å²) in [5, 5.41) is 9.01. The van der Waals surface area contributed by atoms with Crippen molar-refractivity contribution in [1.29, 1.82) is 0 Å². The molecule has 0 heterocycles. The van der Waals surface area contributed by atoms with Gasteiger partial charge in [0.05, 0.1) is 12.2 Å². The highest BCUT2D eigenvalue weighted by Gasteiger charge is 2.11. The third-order valence-corrected chi connectivity index (χ3v) is 3.61. The van der Waals surface area contributed by atoms with Crippen LogP contribution in [0.5, 0.6) is 11.5 Å². The summed E-state index contributed by atoms with van der Waals surface area (Å²) in [5.74, 6) is -0.0321. The van der Waals surface area contributed by atoms with Gasteiger partial charge >= 0.3 is 5.97 Å². The summed E-state index contributed by atoms with van der Waals surface area (Å²) in [4.78, 5) is 11.0. The fourth-order valence-electron chi connectivity index (χ4n) is 1.80. The summed E-state index contributed by atoms with van der Waals surface area (Å²) >= 11 is 3.46. The molecule has 2 aromatic carbocycles. The van der Waals surface area contributed by atoms with Gasteiger partial charge in [-0.05, 0) is 31.2 Å².